The quantitative estimate of drug-likeness (QED) is 0.693. The van der Waals surface area contributed by atoms with Gasteiger partial charge in [0.15, 0.2) is 11.5 Å². The van der Waals surface area contributed by atoms with Gasteiger partial charge < -0.3 is 14.9 Å². The molecule has 126 valence electrons. The van der Waals surface area contributed by atoms with Crippen molar-refractivity contribution < 1.29 is 19.2 Å². The van der Waals surface area contributed by atoms with Gasteiger partial charge in [-0.2, -0.15) is 0 Å². The summed E-state index contributed by atoms with van der Waals surface area (Å²) in [4.78, 5) is 23.6. The highest BCUT2D eigenvalue weighted by Crippen LogP contribution is 2.28. The first kappa shape index (κ1) is 17.0. The van der Waals surface area contributed by atoms with Gasteiger partial charge in [0, 0.05) is 16.7 Å². The molecule has 3 aromatic rings. The van der Waals surface area contributed by atoms with Crippen LogP contribution in [0.5, 0.6) is 0 Å². The molecule has 0 atom stereocenters. The molecule has 6 nitrogen and oxygen atoms in total. The third-order valence-electron chi connectivity index (χ3n) is 3.34. The highest BCUT2D eigenvalue weighted by molar-refractivity contribution is 6.33. The zero-order chi connectivity index (χ0) is 18.0. The largest absolute Gasteiger partial charge is 0.478 e. The maximum absolute atomic E-state index is 12.3. The minimum absolute atomic E-state index is 0.0128. The molecule has 3 rings (SSSR count). The highest BCUT2D eigenvalue weighted by Gasteiger charge is 2.18. The van der Waals surface area contributed by atoms with Gasteiger partial charge in [-0.15, -0.1) is 0 Å². The van der Waals surface area contributed by atoms with E-state index in [0.29, 0.717) is 16.3 Å². The molecule has 0 fully saturated rings. The number of amides is 1. The van der Waals surface area contributed by atoms with E-state index in [1.54, 1.807) is 24.3 Å². The number of rotatable bonds is 4. The van der Waals surface area contributed by atoms with Gasteiger partial charge in [-0.3, -0.25) is 4.79 Å². The standard InChI is InChI=1S/C17H10Cl2N2O4/c18-9-5-6-13(11(7-9)17(23)24)20-16(22)14-8-15(25-21-14)10-3-1-2-4-12(10)19/h1-8H,(H,20,22)(H,23,24). The Hall–Kier alpha value is -2.83. The third kappa shape index (κ3) is 3.65. The van der Waals surface area contributed by atoms with E-state index in [9.17, 15) is 14.7 Å². The molecular weight excluding hydrogens is 367 g/mol. The lowest BCUT2D eigenvalue weighted by atomic mass is 10.1. The number of carbonyl (C=O) groups is 2. The van der Waals surface area contributed by atoms with Crippen molar-refractivity contribution in [2.24, 2.45) is 0 Å². The second kappa shape index (κ2) is 6.96. The molecule has 0 radical (unpaired) electrons. The Balaban J connectivity index is 1.86. The average molecular weight is 377 g/mol. The summed E-state index contributed by atoms with van der Waals surface area (Å²) in [6, 6.07) is 12.5. The van der Waals surface area contributed by atoms with E-state index >= 15 is 0 Å². The molecule has 25 heavy (non-hydrogen) atoms. The number of hydrogen-bond donors (Lipinski definition) is 2. The summed E-state index contributed by atoms with van der Waals surface area (Å²) in [5, 5.41) is 16.1. The lowest BCUT2D eigenvalue weighted by Crippen LogP contribution is -2.15. The predicted molar refractivity (Wildman–Crippen MR) is 93.3 cm³/mol. The molecule has 1 aromatic heterocycles. The van der Waals surface area contributed by atoms with Gasteiger partial charge >= 0.3 is 5.97 Å². The fourth-order valence-electron chi connectivity index (χ4n) is 2.16. The third-order valence-corrected chi connectivity index (χ3v) is 3.91. The van der Waals surface area contributed by atoms with E-state index in [2.05, 4.69) is 10.5 Å². The number of carboxylic acid groups (broad SMARTS) is 1. The number of aromatic nitrogens is 1. The van der Waals surface area contributed by atoms with Crippen molar-refractivity contribution in [3.8, 4) is 11.3 Å². The number of aromatic carboxylic acids is 1. The Morgan fingerprint density at radius 3 is 2.56 bits per heavy atom. The van der Waals surface area contributed by atoms with Crippen molar-refractivity contribution in [2.75, 3.05) is 5.32 Å². The molecule has 0 bridgehead atoms. The summed E-state index contributed by atoms with van der Waals surface area (Å²) >= 11 is 11.9. The lowest BCUT2D eigenvalue weighted by Gasteiger charge is -2.07. The number of anilines is 1. The van der Waals surface area contributed by atoms with Crippen LogP contribution in [0, 0.1) is 0 Å². The van der Waals surface area contributed by atoms with E-state index in [4.69, 9.17) is 27.7 Å². The van der Waals surface area contributed by atoms with Crippen LogP contribution in [-0.2, 0) is 0 Å². The molecule has 2 N–H and O–H groups in total. The topological polar surface area (TPSA) is 92.4 Å². The number of nitrogens with one attached hydrogen (secondary N) is 1. The number of hydrogen-bond acceptors (Lipinski definition) is 4. The number of carboxylic acids is 1. The maximum Gasteiger partial charge on any atom is 0.337 e. The van der Waals surface area contributed by atoms with Gasteiger partial charge in [0.05, 0.1) is 16.3 Å². The van der Waals surface area contributed by atoms with Crippen LogP contribution < -0.4 is 5.32 Å². The van der Waals surface area contributed by atoms with Gasteiger partial charge in [0.25, 0.3) is 5.91 Å². The second-order valence-corrected chi connectivity index (χ2v) is 5.85. The number of nitrogens with zero attached hydrogens (tertiary/aromatic N) is 1. The fraction of sp³-hybridized carbons (Fsp3) is 0. The fourth-order valence-corrected chi connectivity index (χ4v) is 2.56. The Morgan fingerprint density at radius 1 is 1.08 bits per heavy atom. The molecule has 0 unspecified atom stereocenters. The van der Waals surface area contributed by atoms with Crippen LogP contribution in [0.15, 0.2) is 53.1 Å². The molecule has 0 aliphatic rings. The van der Waals surface area contributed by atoms with E-state index < -0.39 is 11.9 Å². The molecule has 2 aromatic carbocycles. The van der Waals surface area contributed by atoms with Gasteiger partial charge in [-0.05, 0) is 30.3 Å². The van der Waals surface area contributed by atoms with Crippen molar-refractivity contribution in [1.29, 1.82) is 0 Å². The van der Waals surface area contributed by atoms with Gasteiger partial charge in [0.2, 0.25) is 0 Å². The van der Waals surface area contributed by atoms with Crippen molar-refractivity contribution in [2.45, 2.75) is 0 Å². The first-order valence-corrected chi connectivity index (χ1v) is 7.77. The summed E-state index contributed by atoms with van der Waals surface area (Å²) in [5.41, 5.74) is 0.550. The molecule has 0 aliphatic carbocycles. The molecule has 0 spiro atoms. The van der Waals surface area contributed by atoms with E-state index in [1.165, 1.54) is 24.3 Å². The van der Waals surface area contributed by atoms with Gasteiger partial charge in [0.1, 0.15) is 0 Å². The summed E-state index contributed by atoms with van der Waals surface area (Å²) in [6.45, 7) is 0. The molecular formula is C17H10Cl2N2O4. The summed E-state index contributed by atoms with van der Waals surface area (Å²) in [6.07, 6.45) is 0. The normalized spacial score (nSPS) is 10.5. The van der Waals surface area contributed by atoms with Crippen LogP contribution in [0.2, 0.25) is 10.0 Å². The molecule has 1 heterocycles. The highest BCUT2D eigenvalue weighted by atomic mass is 35.5. The van der Waals surface area contributed by atoms with Crippen molar-refractivity contribution in [3.05, 3.63) is 69.8 Å². The minimum Gasteiger partial charge on any atom is -0.478 e. The zero-order valence-corrected chi connectivity index (χ0v) is 14.0. The number of carbonyl (C=O) groups excluding carboxylic acids is 1. The summed E-state index contributed by atoms with van der Waals surface area (Å²) in [5.74, 6) is -1.51. The van der Waals surface area contributed by atoms with Gasteiger partial charge in [-0.1, -0.05) is 40.5 Å². The number of benzene rings is 2. The molecule has 8 heteroatoms. The molecule has 0 saturated carbocycles. The van der Waals surface area contributed by atoms with Crippen LogP contribution in [0.1, 0.15) is 20.8 Å². The zero-order valence-electron chi connectivity index (χ0n) is 12.5. The second-order valence-electron chi connectivity index (χ2n) is 5.01. The molecule has 0 aliphatic heterocycles. The maximum atomic E-state index is 12.3. The first-order valence-electron chi connectivity index (χ1n) is 7.01. The summed E-state index contributed by atoms with van der Waals surface area (Å²) < 4.78 is 5.15. The predicted octanol–water partition coefficient (Wildman–Crippen LogP) is 4.60. The van der Waals surface area contributed by atoms with E-state index in [1.807, 2.05) is 0 Å². The minimum atomic E-state index is -1.21. The van der Waals surface area contributed by atoms with Gasteiger partial charge in [-0.25, -0.2) is 4.79 Å². The average Bonchev–Trinajstić information content (AvgIpc) is 3.06. The Bertz CT molecular complexity index is 969. The smallest absolute Gasteiger partial charge is 0.337 e. The van der Waals surface area contributed by atoms with Crippen molar-refractivity contribution in [1.82, 2.24) is 5.16 Å². The lowest BCUT2D eigenvalue weighted by molar-refractivity contribution is 0.0698. The Kier molecular flexibility index (Phi) is 4.74. The van der Waals surface area contributed by atoms with E-state index in [-0.39, 0.29) is 22.0 Å². The van der Waals surface area contributed by atoms with Crippen LogP contribution in [0.3, 0.4) is 0 Å². The van der Waals surface area contributed by atoms with Crippen LogP contribution in [0.4, 0.5) is 5.69 Å². The van der Waals surface area contributed by atoms with Crippen molar-refractivity contribution >= 4 is 40.8 Å². The van der Waals surface area contributed by atoms with Crippen LogP contribution in [-0.4, -0.2) is 22.1 Å². The van der Waals surface area contributed by atoms with E-state index in [0.717, 1.165) is 0 Å². The van der Waals surface area contributed by atoms with Crippen LogP contribution in [0.25, 0.3) is 11.3 Å². The monoisotopic (exact) mass is 376 g/mol. The first-order chi connectivity index (χ1) is 12.0. The SMILES string of the molecule is O=C(Nc1ccc(Cl)cc1C(=O)O)c1cc(-c2ccccc2Cl)on1. The van der Waals surface area contributed by atoms with Crippen LogP contribution >= 0.6 is 23.2 Å². The summed E-state index contributed by atoms with van der Waals surface area (Å²) in [7, 11) is 0. The Labute approximate surface area is 152 Å². The van der Waals surface area contributed by atoms with Crippen molar-refractivity contribution in [3.63, 3.8) is 0 Å². The molecule has 0 saturated heterocycles. The molecule has 1 amide bonds. The Morgan fingerprint density at radius 2 is 1.84 bits per heavy atom. The number of halogens is 2.